The third-order valence-electron chi connectivity index (χ3n) is 4.46. The summed E-state index contributed by atoms with van der Waals surface area (Å²) in [7, 11) is 0. The van der Waals surface area contributed by atoms with Crippen LogP contribution in [0.25, 0.3) is 0 Å². The molecule has 3 aromatic rings. The summed E-state index contributed by atoms with van der Waals surface area (Å²) in [6.07, 6.45) is 2.54. The Hall–Kier alpha value is -2.83. The van der Waals surface area contributed by atoms with Gasteiger partial charge in [0.25, 0.3) is 5.69 Å². The number of aromatic nitrogens is 1. The van der Waals surface area contributed by atoms with E-state index >= 15 is 0 Å². The van der Waals surface area contributed by atoms with Crippen molar-refractivity contribution in [1.29, 1.82) is 0 Å². The van der Waals surface area contributed by atoms with E-state index in [1.165, 1.54) is 12.1 Å². The zero-order chi connectivity index (χ0) is 19.7. The monoisotopic (exact) mass is 416 g/mol. The van der Waals surface area contributed by atoms with E-state index in [1.54, 1.807) is 12.1 Å². The van der Waals surface area contributed by atoms with E-state index in [-0.39, 0.29) is 17.7 Å². The second-order valence-corrected chi connectivity index (χ2v) is 7.06. The third kappa shape index (κ3) is 3.74. The Balaban J connectivity index is 1.51. The van der Waals surface area contributed by atoms with Crippen molar-refractivity contribution in [2.45, 2.75) is 18.9 Å². The molecule has 1 atom stereocenters. The molecule has 0 amide bonds. The van der Waals surface area contributed by atoms with Gasteiger partial charge >= 0.3 is 0 Å². The summed E-state index contributed by atoms with van der Waals surface area (Å²) in [6.45, 7) is 0. The highest BCUT2D eigenvalue weighted by Crippen LogP contribution is 2.40. The highest BCUT2D eigenvalue weighted by Gasteiger charge is 2.24. The van der Waals surface area contributed by atoms with Crippen LogP contribution in [0.4, 0.5) is 5.69 Å². The number of benzene rings is 2. The fourth-order valence-corrected chi connectivity index (χ4v) is 3.51. The first-order valence-electron chi connectivity index (χ1n) is 8.53. The molecule has 1 unspecified atom stereocenters. The summed E-state index contributed by atoms with van der Waals surface area (Å²) in [5, 5.41) is 11.7. The fourth-order valence-electron chi connectivity index (χ4n) is 3.08. The zero-order valence-corrected chi connectivity index (χ0v) is 16.0. The summed E-state index contributed by atoms with van der Waals surface area (Å²) in [6, 6.07) is 13.8. The predicted octanol–water partition coefficient (Wildman–Crippen LogP) is 6.16. The van der Waals surface area contributed by atoms with E-state index in [0.717, 1.165) is 35.9 Å². The number of nitrogens with zero attached hydrogens (tertiary/aromatic N) is 2. The maximum atomic E-state index is 10.7. The average molecular weight is 417 g/mol. The molecule has 142 valence electrons. The second kappa shape index (κ2) is 7.66. The van der Waals surface area contributed by atoms with Crippen LogP contribution in [0.15, 0.2) is 54.7 Å². The van der Waals surface area contributed by atoms with E-state index in [4.69, 9.17) is 32.7 Å². The van der Waals surface area contributed by atoms with Crippen molar-refractivity contribution in [2.24, 2.45) is 0 Å². The molecule has 2 aromatic carbocycles. The van der Waals surface area contributed by atoms with Crippen molar-refractivity contribution >= 4 is 28.9 Å². The topological polar surface area (TPSA) is 74.5 Å². The van der Waals surface area contributed by atoms with Gasteiger partial charge in [-0.3, -0.25) is 10.1 Å². The third-order valence-corrected chi connectivity index (χ3v) is 5.29. The molecule has 0 N–H and O–H groups in total. The molecule has 0 saturated carbocycles. The molecule has 0 bridgehead atoms. The van der Waals surface area contributed by atoms with Crippen LogP contribution in [-0.2, 0) is 6.42 Å². The molecular weight excluding hydrogens is 403 g/mol. The molecule has 4 rings (SSSR count). The number of aryl methyl sites for hydroxylation is 1. The number of hydrogen-bond donors (Lipinski definition) is 0. The van der Waals surface area contributed by atoms with Crippen LogP contribution in [0.2, 0.25) is 10.0 Å². The van der Waals surface area contributed by atoms with Crippen molar-refractivity contribution < 1.29 is 14.4 Å². The van der Waals surface area contributed by atoms with Gasteiger partial charge in [-0.1, -0.05) is 35.3 Å². The van der Waals surface area contributed by atoms with Gasteiger partial charge in [0.15, 0.2) is 0 Å². The largest absolute Gasteiger partial charge is 0.485 e. The van der Waals surface area contributed by atoms with Crippen molar-refractivity contribution in [3.05, 3.63) is 86.0 Å². The molecule has 0 fully saturated rings. The summed E-state index contributed by atoms with van der Waals surface area (Å²) in [4.78, 5) is 14.1. The molecular formula is C20H14Cl2N2O4. The maximum absolute atomic E-state index is 10.7. The molecule has 0 saturated heterocycles. The quantitative estimate of drug-likeness (QED) is 0.376. The van der Waals surface area contributed by atoms with Crippen molar-refractivity contribution in [1.82, 2.24) is 4.98 Å². The Morgan fingerprint density at radius 3 is 2.79 bits per heavy atom. The lowest BCUT2D eigenvalue weighted by molar-refractivity contribution is -0.385. The fraction of sp³-hybridized carbons (Fsp3) is 0.150. The summed E-state index contributed by atoms with van der Waals surface area (Å²) < 4.78 is 11.8. The maximum Gasteiger partial charge on any atom is 0.287 e. The van der Waals surface area contributed by atoms with Gasteiger partial charge in [-0.15, -0.1) is 0 Å². The normalized spacial score (nSPS) is 15.4. The van der Waals surface area contributed by atoms with Gasteiger partial charge in [-0.05, 0) is 42.7 Å². The van der Waals surface area contributed by atoms with Crippen LogP contribution in [0.3, 0.4) is 0 Å². The van der Waals surface area contributed by atoms with Gasteiger partial charge in [-0.25, -0.2) is 4.98 Å². The first kappa shape index (κ1) is 18.5. The number of pyridine rings is 1. The second-order valence-electron chi connectivity index (χ2n) is 6.27. The lowest BCUT2D eigenvalue weighted by atomic mass is 9.97. The van der Waals surface area contributed by atoms with Gasteiger partial charge in [0.2, 0.25) is 5.88 Å². The Labute approximate surface area is 170 Å². The number of nitro groups is 1. The minimum Gasteiger partial charge on any atom is -0.485 e. The van der Waals surface area contributed by atoms with Gasteiger partial charge in [0, 0.05) is 17.7 Å². The molecule has 6 nitrogen and oxygen atoms in total. The Morgan fingerprint density at radius 1 is 1.18 bits per heavy atom. The van der Waals surface area contributed by atoms with Crippen LogP contribution in [-0.4, -0.2) is 9.91 Å². The molecule has 1 aromatic heterocycles. The van der Waals surface area contributed by atoms with Crippen LogP contribution in [0, 0.1) is 10.1 Å². The highest BCUT2D eigenvalue weighted by atomic mass is 35.5. The Morgan fingerprint density at radius 2 is 2.04 bits per heavy atom. The van der Waals surface area contributed by atoms with Crippen molar-refractivity contribution in [2.75, 3.05) is 0 Å². The van der Waals surface area contributed by atoms with Crippen LogP contribution < -0.4 is 9.47 Å². The number of ether oxygens (including phenoxy) is 2. The lowest BCUT2D eigenvalue weighted by Gasteiger charge is -2.27. The van der Waals surface area contributed by atoms with E-state index in [2.05, 4.69) is 4.98 Å². The molecule has 0 aliphatic carbocycles. The number of halogens is 2. The molecule has 1 aliphatic rings. The zero-order valence-electron chi connectivity index (χ0n) is 14.5. The predicted molar refractivity (Wildman–Crippen MR) is 106 cm³/mol. The van der Waals surface area contributed by atoms with Gasteiger partial charge < -0.3 is 9.47 Å². The summed E-state index contributed by atoms with van der Waals surface area (Å²) in [5.41, 5.74) is 1.79. The molecule has 2 heterocycles. The number of fused-ring (bicyclic) bond motifs is 1. The number of hydrogen-bond acceptors (Lipinski definition) is 5. The van der Waals surface area contributed by atoms with Crippen LogP contribution in [0.5, 0.6) is 17.4 Å². The smallest absolute Gasteiger partial charge is 0.287 e. The molecule has 8 heteroatoms. The standard InChI is InChI=1S/C20H14Cl2N2O4/c21-16-3-1-2-15(20(16)22)18-7-4-12-10-14(6-8-17(12)28-18)27-19-9-5-13(11-23-19)24(25)26/h1-3,5-6,8-11,18H,4,7H2. The SMILES string of the molecule is O=[N+]([O-])c1ccc(Oc2ccc3c(c2)CCC(c2cccc(Cl)c2Cl)O3)nc1. The van der Waals surface area contributed by atoms with Crippen LogP contribution in [0.1, 0.15) is 23.7 Å². The average Bonchev–Trinajstić information content (AvgIpc) is 2.70. The first-order valence-corrected chi connectivity index (χ1v) is 9.28. The van der Waals surface area contributed by atoms with E-state index in [0.29, 0.717) is 15.8 Å². The molecule has 28 heavy (non-hydrogen) atoms. The Bertz CT molecular complexity index is 1040. The van der Waals surface area contributed by atoms with Gasteiger partial charge in [0.1, 0.15) is 23.8 Å². The molecule has 0 radical (unpaired) electrons. The highest BCUT2D eigenvalue weighted by molar-refractivity contribution is 6.42. The minimum atomic E-state index is -0.504. The van der Waals surface area contributed by atoms with Crippen molar-refractivity contribution in [3.8, 4) is 17.4 Å². The first-order chi connectivity index (χ1) is 13.5. The van der Waals surface area contributed by atoms with Crippen molar-refractivity contribution in [3.63, 3.8) is 0 Å². The van der Waals surface area contributed by atoms with E-state index in [9.17, 15) is 10.1 Å². The van der Waals surface area contributed by atoms with Crippen LogP contribution >= 0.6 is 23.2 Å². The summed E-state index contributed by atoms with van der Waals surface area (Å²) in [5.74, 6) is 1.63. The molecule has 0 spiro atoms. The minimum absolute atomic E-state index is 0.0862. The van der Waals surface area contributed by atoms with E-state index in [1.807, 2.05) is 24.3 Å². The number of rotatable bonds is 4. The lowest BCUT2D eigenvalue weighted by Crippen LogP contribution is -2.15. The molecule has 1 aliphatic heterocycles. The Kier molecular flexibility index (Phi) is 5.07. The van der Waals surface area contributed by atoms with Gasteiger partial charge in [0.05, 0.1) is 15.0 Å². The van der Waals surface area contributed by atoms with E-state index < -0.39 is 4.92 Å². The van der Waals surface area contributed by atoms with Gasteiger partial charge in [-0.2, -0.15) is 0 Å². The summed E-state index contributed by atoms with van der Waals surface area (Å²) >= 11 is 12.4.